The molecule has 0 spiro atoms. The third-order valence-corrected chi connectivity index (χ3v) is 9.85. The van der Waals surface area contributed by atoms with Gasteiger partial charge in [-0.25, -0.2) is 0 Å². The Kier molecular flexibility index (Phi) is 5.73. The van der Waals surface area contributed by atoms with Gasteiger partial charge in [0.1, 0.15) is 14.2 Å². The second-order valence-electron chi connectivity index (χ2n) is 10.9. The van der Waals surface area contributed by atoms with Crippen molar-refractivity contribution < 1.29 is 14.8 Å². The molecule has 9 atom stereocenters. The molecule has 4 fully saturated rings. The highest BCUT2D eigenvalue weighted by Gasteiger charge is 2.62. The molecule has 4 rings (SSSR count). The summed E-state index contributed by atoms with van der Waals surface area (Å²) in [5, 5.41) is 19.6. The van der Waals surface area contributed by atoms with Gasteiger partial charge in [-0.3, -0.25) is 0 Å². The molecule has 0 amide bonds. The van der Waals surface area contributed by atoms with Gasteiger partial charge in [0.05, 0.1) is 11.8 Å². The minimum atomic E-state index is -0.211. The number of hydrogen-bond acceptors (Lipinski definition) is 5. The van der Waals surface area contributed by atoms with Crippen molar-refractivity contribution >= 4 is 11.9 Å². The Morgan fingerprint density at radius 3 is 2.52 bits per heavy atom. The zero-order chi connectivity index (χ0) is 20.8. The molecule has 7 unspecified atom stereocenters. The highest BCUT2D eigenvalue weighted by Crippen LogP contribution is 2.68. The molecule has 29 heavy (non-hydrogen) atoms. The molecule has 0 bridgehead atoms. The molecule has 0 saturated heterocycles. The SMILES string of the molecule is CO/N=C/[C@@H](C)[C@H]1CCC2C3CC(O)C4C/C(=N/OC)CCC4(C)C3CCC21C. The average molecular weight is 405 g/mol. The molecular weight excluding hydrogens is 364 g/mol. The van der Waals surface area contributed by atoms with Crippen molar-refractivity contribution in [2.24, 2.45) is 56.6 Å². The summed E-state index contributed by atoms with van der Waals surface area (Å²) in [5.74, 6) is 3.57. The number of hydrogen-bond donors (Lipinski definition) is 1. The van der Waals surface area contributed by atoms with E-state index in [0.717, 1.165) is 43.2 Å². The quantitative estimate of drug-likeness (QED) is 0.536. The highest BCUT2D eigenvalue weighted by atomic mass is 16.6. The van der Waals surface area contributed by atoms with Crippen molar-refractivity contribution in [1.82, 2.24) is 0 Å². The molecule has 0 aromatic carbocycles. The van der Waals surface area contributed by atoms with Gasteiger partial charge in [-0.2, -0.15) is 0 Å². The predicted molar refractivity (Wildman–Crippen MR) is 116 cm³/mol. The summed E-state index contributed by atoms with van der Waals surface area (Å²) in [6, 6.07) is 0. The Balaban J connectivity index is 1.57. The van der Waals surface area contributed by atoms with Crippen molar-refractivity contribution in [1.29, 1.82) is 0 Å². The van der Waals surface area contributed by atoms with Crippen molar-refractivity contribution in [3.8, 4) is 0 Å². The second kappa shape index (κ2) is 7.86. The van der Waals surface area contributed by atoms with Crippen LogP contribution in [0.4, 0.5) is 0 Å². The highest BCUT2D eigenvalue weighted by molar-refractivity contribution is 5.85. The zero-order valence-electron chi connectivity index (χ0n) is 18.9. The monoisotopic (exact) mass is 404 g/mol. The Hall–Kier alpha value is -1.10. The first-order valence-corrected chi connectivity index (χ1v) is 11.7. The predicted octanol–water partition coefficient (Wildman–Crippen LogP) is 4.89. The number of nitrogens with zero attached hydrogens (tertiary/aromatic N) is 2. The van der Waals surface area contributed by atoms with Crippen molar-refractivity contribution in [3.63, 3.8) is 0 Å². The molecule has 1 N–H and O–H groups in total. The van der Waals surface area contributed by atoms with Gasteiger partial charge in [0.25, 0.3) is 0 Å². The maximum Gasteiger partial charge on any atom is 0.106 e. The molecule has 4 saturated carbocycles. The molecule has 0 heterocycles. The number of fused-ring (bicyclic) bond motifs is 5. The van der Waals surface area contributed by atoms with Crippen LogP contribution in [0, 0.1) is 46.3 Å². The molecule has 0 aliphatic heterocycles. The van der Waals surface area contributed by atoms with Crippen LogP contribution in [0.25, 0.3) is 0 Å². The van der Waals surface area contributed by atoms with Gasteiger partial charge in [-0.05, 0) is 97.7 Å². The lowest BCUT2D eigenvalue weighted by Crippen LogP contribution is -2.58. The minimum Gasteiger partial charge on any atom is -0.399 e. The minimum absolute atomic E-state index is 0.211. The summed E-state index contributed by atoms with van der Waals surface area (Å²) in [6.07, 6.45) is 11.0. The third kappa shape index (κ3) is 3.32. The average Bonchev–Trinajstić information content (AvgIpc) is 3.05. The van der Waals surface area contributed by atoms with Gasteiger partial charge in [-0.15, -0.1) is 0 Å². The van der Waals surface area contributed by atoms with Crippen LogP contribution in [0.3, 0.4) is 0 Å². The summed E-state index contributed by atoms with van der Waals surface area (Å²) in [5.41, 5.74) is 1.73. The Morgan fingerprint density at radius 2 is 1.79 bits per heavy atom. The summed E-state index contributed by atoms with van der Waals surface area (Å²) >= 11 is 0. The van der Waals surface area contributed by atoms with E-state index in [9.17, 15) is 5.11 Å². The molecule has 0 radical (unpaired) electrons. The molecule has 0 aromatic rings. The Labute approximate surface area is 176 Å². The molecular formula is C24H40N2O3. The van der Waals surface area contributed by atoms with Gasteiger partial charge in [0.15, 0.2) is 0 Å². The van der Waals surface area contributed by atoms with E-state index in [0.29, 0.717) is 29.1 Å². The first-order valence-electron chi connectivity index (χ1n) is 11.7. The van der Waals surface area contributed by atoms with Gasteiger partial charge < -0.3 is 14.8 Å². The van der Waals surface area contributed by atoms with Crippen LogP contribution in [-0.2, 0) is 9.68 Å². The van der Waals surface area contributed by atoms with Gasteiger partial charge in [-0.1, -0.05) is 31.1 Å². The fourth-order valence-electron chi connectivity index (χ4n) is 8.48. The van der Waals surface area contributed by atoms with Crippen LogP contribution in [-0.4, -0.2) is 37.4 Å². The van der Waals surface area contributed by atoms with E-state index in [1.165, 1.54) is 25.7 Å². The zero-order valence-corrected chi connectivity index (χ0v) is 18.9. The van der Waals surface area contributed by atoms with E-state index >= 15 is 0 Å². The van der Waals surface area contributed by atoms with Crippen molar-refractivity contribution in [2.45, 2.75) is 78.2 Å². The van der Waals surface area contributed by atoms with Gasteiger partial charge >= 0.3 is 0 Å². The normalized spacial score (nSPS) is 49.4. The van der Waals surface area contributed by atoms with Crippen LogP contribution in [0.2, 0.25) is 0 Å². The van der Waals surface area contributed by atoms with Gasteiger partial charge in [0.2, 0.25) is 0 Å². The van der Waals surface area contributed by atoms with Crippen LogP contribution < -0.4 is 0 Å². The number of oxime groups is 2. The van der Waals surface area contributed by atoms with Crippen LogP contribution >= 0.6 is 0 Å². The fraction of sp³-hybridized carbons (Fsp3) is 0.917. The molecule has 4 aliphatic rings. The lowest BCUT2D eigenvalue weighted by atomic mass is 9.44. The van der Waals surface area contributed by atoms with Crippen molar-refractivity contribution in [2.75, 3.05) is 14.2 Å². The smallest absolute Gasteiger partial charge is 0.106 e. The lowest BCUT2D eigenvalue weighted by Gasteiger charge is -2.61. The number of aliphatic hydroxyl groups excluding tert-OH is 1. The molecule has 4 aliphatic carbocycles. The van der Waals surface area contributed by atoms with E-state index in [1.54, 1.807) is 14.2 Å². The maximum absolute atomic E-state index is 11.3. The molecule has 164 valence electrons. The largest absolute Gasteiger partial charge is 0.399 e. The molecule has 5 nitrogen and oxygen atoms in total. The van der Waals surface area contributed by atoms with Crippen LogP contribution in [0.15, 0.2) is 10.3 Å². The van der Waals surface area contributed by atoms with Gasteiger partial charge in [0, 0.05) is 6.21 Å². The van der Waals surface area contributed by atoms with E-state index in [4.69, 9.17) is 9.68 Å². The Bertz CT molecular complexity index is 665. The second-order valence-corrected chi connectivity index (χ2v) is 10.9. The van der Waals surface area contributed by atoms with E-state index < -0.39 is 0 Å². The van der Waals surface area contributed by atoms with E-state index in [2.05, 4.69) is 31.1 Å². The number of aliphatic hydroxyl groups is 1. The maximum atomic E-state index is 11.3. The van der Waals surface area contributed by atoms with E-state index in [-0.39, 0.29) is 11.5 Å². The van der Waals surface area contributed by atoms with E-state index in [1.807, 2.05) is 6.21 Å². The first-order chi connectivity index (χ1) is 13.8. The summed E-state index contributed by atoms with van der Waals surface area (Å²) in [7, 11) is 3.26. The first kappa shape index (κ1) is 21.1. The van der Waals surface area contributed by atoms with Crippen molar-refractivity contribution in [3.05, 3.63) is 0 Å². The summed E-state index contributed by atoms with van der Waals surface area (Å²) < 4.78 is 0. The molecule has 0 aromatic heterocycles. The molecule has 5 heteroatoms. The standard InChI is InChI=1S/C24H40N2O3/c1-15(14-25-28-4)18-6-7-19-17-13-22(27)21-12-16(26-29-5)8-10-24(21,3)20(17)9-11-23(18,19)2/h14-15,17-22,27H,6-13H2,1-5H3/b25-14+,26-16+/t15-,17?,18-,19?,20?,21?,22?,23?,24?/m1/s1. The topological polar surface area (TPSA) is 63.4 Å². The fourth-order valence-corrected chi connectivity index (χ4v) is 8.48. The number of rotatable bonds is 4. The summed E-state index contributed by atoms with van der Waals surface area (Å²) in [6.45, 7) is 7.32. The summed E-state index contributed by atoms with van der Waals surface area (Å²) in [4.78, 5) is 10.0. The lowest BCUT2D eigenvalue weighted by molar-refractivity contribution is -0.148. The Morgan fingerprint density at radius 1 is 1.03 bits per heavy atom. The third-order valence-electron chi connectivity index (χ3n) is 9.85. The van der Waals surface area contributed by atoms with Crippen LogP contribution in [0.1, 0.15) is 72.1 Å². The van der Waals surface area contributed by atoms with Crippen LogP contribution in [0.5, 0.6) is 0 Å².